The van der Waals surface area contributed by atoms with Crippen LogP contribution >= 0.6 is 11.6 Å². The summed E-state index contributed by atoms with van der Waals surface area (Å²) in [6.07, 6.45) is 2.08. The Bertz CT molecular complexity index is 533. The maximum absolute atomic E-state index is 5.96. The number of benzene rings is 1. The number of halogens is 1. The van der Waals surface area contributed by atoms with Gasteiger partial charge in [-0.15, -0.1) is 0 Å². The molecule has 1 N–H and O–H groups in total. The van der Waals surface area contributed by atoms with Gasteiger partial charge in [-0.25, -0.2) is 4.68 Å². The lowest BCUT2D eigenvalue weighted by atomic mass is 10.2. The van der Waals surface area contributed by atoms with E-state index in [1.54, 1.807) is 0 Å². The second kappa shape index (κ2) is 3.61. The molecule has 3 rings (SSSR count). The number of aromatic nitrogens is 2. The minimum Gasteiger partial charge on any atom is -0.304 e. The lowest BCUT2D eigenvalue weighted by molar-refractivity contribution is 0.617. The van der Waals surface area contributed by atoms with Gasteiger partial charge < -0.3 is 5.32 Å². The Morgan fingerprint density at radius 3 is 3.12 bits per heavy atom. The fourth-order valence-corrected chi connectivity index (χ4v) is 2.22. The van der Waals surface area contributed by atoms with Gasteiger partial charge in [0, 0.05) is 29.4 Å². The highest BCUT2D eigenvalue weighted by Crippen LogP contribution is 2.25. The van der Waals surface area contributed by atoms with Gasteiger partial charge in [-0.3, -0.25) is 0 Å². The molecule has 0 saturated carbocycles. The van der Waals surface area contributed by atoms with E-state index in [2.05, 4.69) is 23.5 Å². The molecule has 16 heavy (non-hydrogen) atoms. The summed E-state index contributed by atoms with van der Waals surface area (Å²) in [5.41, 5.74) is 3.42. The summed E-state index contributed by atoms with van der Waals surface area (Å²) < 4.78 is 1.90. The molecule has 1 unspecified atom stereocenters. The molecule has 0 amide bonds. The van der Waals surface area contributed by atoms with E-state index in [-0.39, 0.29) is 0 Å². The number of hydrogen-bond acceptors (Lipinski definition) is 2. The number of nitrogens with zero attached hydrogens (tertiary/aromatic N) is 2. The summed E-state index contributed by atoms with van der Waals surface area (Å²) in [4.78, 5) is 0. The minimum absolute atomic E-state index is 0.392. The van der Waals surface area contributed by atoms with E-state index in [9.17, 15) is 0 Å². The molecule has 0 bridgehead atoms. The molecule has 0 radical (unpaired) electrons. The maximum atomic E-state index is 5.96. The van der Waals surface area contributed by atoms with Crippen molar-refractivity contribution in [1.29, 1.82) is 0 Å². The Balaban J connectivity index is 2.05. The molecule has 0 spiro atoms. The van der Waals surface area contributed by atoms with Gasteiger partial charge in [-0.1, -0.05) is 17.7 Å². The van der Waals surface area contributed by atoms with Crippen LogP contribution < -0.4 is 5.32 Å². The quantitative estimate of drug-likeness (QED) is 0.821. The summed E-state index contributed by atoms with van der Waals surface area (Å²) in [6.45, 7) is 3.00. The van der Waals surface area contributed by atoms with Crippen molar-refractivity contribution in [2.75, 3.05) is 0 Å². The van der Waals surface area contributed by atoms with E-state index >= 15 is 0 Å². The van der Waals surface area contributed by atoms with Crippen molar-refractivity contribution in [3.05, 3.63) is 46.7 Å². The van der Waals surface area contributed by atoms with Crippen LogP contribution in [-0.4, -0.2) is 9.78 Å². The van der Waals surface area contributed by atoms with Crippen LogP contribution in [0.2, 0.25) is 5.02 Å². The number of nitrogens with one attached hydrogen (secondary N) is 1. The third kappa shape index (κ3) is 1.52. The van der Waals surface area contributed by atoms with Crippen LogP contribution in [0.25, 0.3) is 5.69 Å². The van der Waals surface area contributed by atoms with E-state index in [0.717, 1.165) is 22.9 Å². The molecule has 3 nitrogen and oxygen atoms in total. The largest absolute Gasteiger partial charge is 0.304 e. The lowest BCUT2D eigenvalue weighted by Gasteiger charge is -2.04. The molecule has 2 aromatic rings. The maximum Gasteiger partial charge on any atom is 0.0814 e. The van der Waals surface area contributed by atoms with Gasteiger partial charge in [-0.2, -0.15) is 5.10 Å². The minimum atomic E-state index is 0.392. The van der Waals surface area contributed by atoms with E-state index in [4.69, 9.17) is 11.6 Å². The molecular weight excluding hydrogens is 222 g/mol. The molecule has 4 heteroatoms. The molecule has 82 valence electrons. The Kier molecular flexibility index (Phi) is 2.23. The summed E-state index contributed by atoms with van der Waals surface area (Å²) in [5.74, 6) is 0. The van der Waals surface area contributed by atoms with Gasteiger partial charge >= 0.3 is 0 Å². The Hall–Kier alpha value is -1.32. The zero-order valence-corrected chi connectivity index (χ0v) is 9.70. The molecule has 0 saturated heterocycles. The second-order valence-electron chi connectivity index (χ2n) is 4.06. The molecule has 0 fully saturated rings. The van der Waals surface area contributed by atoms with Gasteiger partial charge in [0.1, 0.15) is 0 Å². The van der Waals surface area contributed by atoms with Crippen LogP contribution in [0, 0.1) is 0 Å². The fraction of sp³-hybridized carbons (Fsp3) is 0.250. The van der Waals surface area contributed by atoms with Crippen LogP contribution in [0.5, 0.6) is 0 Å². The van der Waals surface area contributed by atoms with E-state index < -0.39 is 0 Å². The van der Waals surface area contributed by atoms with E-state index in [0.29, 0.717) is 6.04 Å². The molecule has 1 aliphatic rings. The van der Waals surface area contributed by atoms with Crippen LogP contribution in [0.1, 0.15) is 24.2 Å². The SMILES string of the molecule is CC1NCc2nn(-c3cccc(Cl)c3)cc21. The molecule has 1 aromatic carbocycles. The van der Waals surface area contributed by atoms with Crippen molar-refractivity contribution in [1.82, 2.24) is 15.1 Å². The molecule has 1 aliphatic heterocycles. The summed E-state index contributed by atoms with van der Waals surface area (Å²) in [7, 11) is 0. The van der Waals surface area contributed by atoms with Crippen molar-refractivity contribution in [2.45, 2.75) is 19.5 Å². The topological polar surface area (TPSA) is 29.9 Å². The van der Waals surface area contributed by atoms with Crippen molar-refractivity contribution >= 4 is 11.6 Å². The molecule has 2 heterocycles. The van der Waals surface area contributed by atoms with E-state index in [1.807, 2.05) is 28.9 Å². The third-order valence-electron chi connectivity index (χ3n) is 2.94. The first-order chi connectivity index (χ1) is 7.74. The van der Waals surface area contributed by atoms with Crippen molar-refractivity contribution in [3.63, 3.8) is 0 Å². The first-order valence-electron chi connectivity index (χ1n) is 5.32. The highest BCUT2D eigenvalue weighted by Gasteiger charge is 2.21. The lowest BCUT2D eigenvalue weighted by Crippen LogP contribution is -2.09. The summed E-state index contributed by atoms with van der Waals surface area (Å²) in [5, 5.41) is 8.64. The average Bonchev–Trinajstić information content (AvgIpc) is 2.81. The zero-order valence-electron chi connectivity index (χ0n) is 8.94. The number of hydrogen-bond donors (Lipinski definition) is 1. The summed E-state index contributed by atoms with van der Waals surface area (Å²) in [6, 6.07) is 8.12. The van der Waals surface area contributed by atoms with Crippen molar-refractivity contribution in [2.24, 2.45) is 0 Å². The number of rotatable bonds is 1. The predicted octanol–water partition coefficient (Wildman–Crippen LogP) is 2.69. The van der Waals surface area contributed by atoms with E-state index in [1.165, 1.54) is 5.56 Å². The smallest absolute Gasteiger partial charge is 0.0814 e. The monoisotopic (exact) mass is 233 g/mol. The normalized spacial score (nSPS) is 18.8. The Morgan fingerprint density at radius 2 is 2.38 bits per heavy atom. The average molecular weight is 234 g/mol. The number of fused-ring (bicyclic) bond motifs is 1. The van der Waals surface area contributed by atoms with Gasteiger partial charge in [0.05, 0.1) is 11.4 Å². The zero-order chi connectivity index (χ0) is 11.1. The Morgan fingerprint density at radius 1 is 1.50 bits per heavy atom. The Labute approximate surface area is 99.0 Å². The highest BCUT2D eigenvalue weighted by molar-refractivity contribution is 6.30. The molecule has 1 atom stereocenters. The standard InChI is InChI=1S/C12H12ClN3/c1-8-11-7-16(15-12(11)6-14-8)10-4-2-3-9(13)5-10/h2-5,7-8,14H,6H2,1H3. The third-order valence-corrected chi connectivity index (χ3v) is 3.17. The van der Waals surface area contributed by atoms with Crippen LogP contribution in [0.15, 0.2) is 30.5 Å². The van der Waals surface area contributed by atoms with Gasteiger partial charge in [0.15, 0.2) is 0 Å². The first-order valence-corrected chi connectivity index (χ1v) is 5.69. The van der Waals surface area contributed by atoms with Crippen molar-refractivity contribution < 1.29 is 0 Å². The molecule has 0 aliphatic carbocycles. The first kappa shape index (κ1) is 9.87. The fourth-order valence-electron chi connectivity index (χ4n) is 2.03. The van der Waals surface area contributed by atoms with Gasteiger partial charge in [0.2, 0.25) is 0 Å². The van der Waals surface area contributed by atoms with Crippen molar-refractivity contribution in [3.8, 4) is 5.69 Å². The van der Waals surface area contributed by atoms with Gasteiger partial charge in [-0.05, 0) is 25.1 Å². The van der Waals surface area contributed by atoms with Gasteiger partial charge in [0.25, 0.3) is 0 Å². The van der Waals surface area contributed by atoms with Crippen LogP contribution in [0.3, 0.4) is 0 Å². The molecular formula is C12H12ClN3. The van der Waals surface area contributed by atoms with Crippen LogP contribution in [-0.2, 0) is 6.54 Å². The predicted molar refractivity (Wildman–Crippen MR) is 63.8 cm³/mol. The van der Waals surface area contributed by atoms with Crippen LogP contribution in [0.4, 0.5) is 0 Å². The molecule has 1 aromatic heterocycles. The second-order valence-corrected chi connectivity index (χ2v) is 4.49. The highest BCUT2D eigenvalue weighted by atomic mass is 35.5. The summed E-state index contributed by atoms with van der Waals surface area (Å²) >= 11 is 5.96.